The molecule has 2 amide bonds. The van der Waals surface area contributed by atoms with Crippen molar-refractivity contribution in [2.45, 2.75) is 30.2 Å². The van der Waals surface area contributed by atoms with Gasteiger partial charge in [-0.2, -0.15) is 5.10 Å². The van der Waals surface area contributed by atoms with Crippen molar-refractivity contribution in [2.24, 2.45) is 5.73 Å². The summed E-state index contributed by atoms with van der Waals surface area (Å²) in [4.78, 5) is 26.6. The zero-order valence-corrected chi connectivity index (χ0v) is 14.4. The molecule has 1 aliphatic heterocycles. The number of carbonyl (C=O) groups is 2. The summed E-state index contributed by atoms with van der Waals surface area (Å²) < 4.78 is 12.9. The maximum Gasteiger partial charge on any atom is 0.269 e. The lowest BCUT2D eigenvalue weighted by Gasteiger charge is -2.35. The van der Waals surface area contributed by atoms with Crippen LogP contribution in [0.4, 0.5) is 4.39 Å². The number of halogens is 1. The average molecular weight is 362 g/mol. The highest BCUT2D eigenvalue weighted by molar-refractivity contribution is 8.00. The van der Waals surface area contributed by atoms with Gasteiger partial charge in [-0.25, -0.2) is 4.39 Å². The number of carbonyl (C=O) groups excluding carboxylic acids is 2. The van der Waals surface area contributed by atoms with E-state index in [-0.39, 0.29) is 29.2 Å². The normalized spacial score (nSPS) is 17.5. The second-order valence-electron chi connectivity index (χ2n) is 5.91. The van der Waals surface area contributed by atoms with E-state index in [2.05, 4.69) is 10.2 Å². The van der Waals surface area contributed by atoms with Gasteiger partial charge >= 0.3 is 0 Å². The van der Waals surface area contributed by atoms with Crippen molar-refractivity contribution >= 4 is 23.6 Å². The minimum Gasteiger partial charge on any atom is -0.364 e. The summed E-state index contributed by atoms with van der Waals surface area (Å²) in [6.45, 7) is 0.665. The van der Waals surface area contributed by atoms with Crippen LogP contribution < -0.4 is 5.73 Å². The number of benzene rings is 1. The van der Waals surface area contributed by atoms with Gasteiger partial charge in [-0.05, 0) is 49.6 Å². The number of amides is 2. The molecule has 1 atom stereocenters. The minimum atomic E-state index is -0.594. The summed E-state index contributed by atoms with van der Waals surface area (Å²) in [5.41, 5.74) is 6.15. The van der Waals surface area contributed by atoms with Crippen molar-refractivity contribution in [3.05, 3.63) is 47.5 Å². The number of hydrogen-bond acceptors (Lipinski definition) is 4. The Morgan fingerprint density at radius 2 is 2.08 bits per heavy atom. The van der Waals surface area contributed by atoms with E-state index >= 15 is 0 Å². The summed E-state index contributed by atoms with van der Waals surface area (Å²) in [5, 5.41) is 6.74. The van der Waals surface area contributed by atoms with Crippen molar-refractivity contribution in [2.75, 3.05) is 12.3 Å². The molecule has 1 aromatic heterocycles. The molecule has 6 nitrogen and oxygen atoms in total. The smallest absolute Gasteiger partial charge is 0.269 e. The van der Waals surface area contributed by atoms with E-state index in [1.165, 1.54) is 23.9 Å². The Kier molecular flexibility index (Phi) is 5.37. The molecule has 2 heterocycles. The molecule has 0 saturated carbocycles. The molecule has 25 heavy (non-hydrogen) atoms. The highest BCUT2D eigenvalue weighted by Gasteiger charge is 2.29. The van der Waals surface area contributed by atoms with Crippen LogP contribution in [0.1, 0.15) is 41.5 Å². The highest BCUT2D eigenvalue weighted by atomic mass is 32.2. The van der Waals surface area contributed by atoms with Gasteiger partial charge in [0.25, 0.3) is 5.91 Å². The van der Waals surface area contributed by atoms with E-state index < -0.39 is 5.91 Å². The number of aromatic amines is 1. The number of hydrogen-bond donors (Lipinski definition) is 2. The van der Waals surface area contributed by atoms with Crippen molar-refractivity contribution < 1.29 is 14.0 Å². The number of thioether (sulfide) groups is 1. The van der Waals surface area contributed by atoms with Crippen LogP contribution in [-0.2, 0) is 4.79 Å². The molecule has 3 rings (SSSR count). The predicted octanol–water partition coefficient (Wildman–Crippen LogP) is 2.49. The molecule has 0 bridgehead atoms. The molecule has 132 valence electrons. The monoisotopic (exact) mass is 362 g/mol. The zero-order valence-electron chi connectivity index (χ0n) is 13.6. The van der Waals surface area contributed by atoms with Crippen LogP contribution in [-0.4, -0.2) is 39.2 Å². The third-order valence-corrected chi connectivity index (χ3v) is 5.21. The number of nitrogens with zero attached hydrogens (tertiary/aromatic N) is 2. The SMILES string of the molecule is NC(=O)c1cc([C@H]2CCCCN2C(=O)CSc2ccc(F)cc2)[nH]n1. The maximum absolute atomic E-state index is 12.9. The number of nitrogens with one attached hydrogen (secondary N) is 1. The topological polar surface area (TPSA) is 92.1 Å². The first-order chi connectivity index (χ1) is 12.0. The Bertz CT molecular complexity index is 762. The van der Waals surface area contributed by atoms with Crippen LogP contribution in [0.2, 0.25) is 0 Å². The summed E-state index contributed by atoms with van der Waals surface area (Å²) >= 11 is 1.38. The first-order valence-electron chi connectivity index (χ1n) is 8.07. The molecule has 1 saturated heterocycles. The molecule has 1 fully saturated rings. The molecule has 0 radical (unpaired) electrons. The molecule has 1 aliphatic rings. The van der Waals surface area contributed by atoms with Crippen molar-refractivity contribution in [3.8, 4) is 0 Å². The van der Waals surface area contributed by atoms with E-state index in [0.29, 0.717) is 6.54 Å². The van der Waals surface area contributed by atoms with Crippen molar-refractivity contribution in [1.29, 1.82) is 0 Å². The largest absolute Gasteiger partial charge is 0.364 e. The fourth-order valence-electron chi connectivity index (χ4n) is 2.95. The fourth-order valence-corrected chi connectivity index (χ4v) is 3.73. The van der Waals surface area contributed by atoms with Gasteiger partial charge in [0.2, 0.25) is 5.91 Å². The van der Waals surface area contributed by atoms with Gasteiger partial charge in [-0.3, -0.25) is 14.7 Å². The van der Waals surface area contributed by atoms with Crippen molar-refractivity contribution in [3.63, 3.8) is 0 Å². The molecule has 0 spiro atoms. The van der Waals surface area contributed by atoms with E-state index in [1.54, 1.807) is 18.2 Å². The van der Waals surface area contributed by atoms with Gasteiger partial charge in [-0.1, -0.05) is 0 Å². The fraction of sp³-hybridized carbons (Fsp3) is 0.353. The summed E-state index contributed by atoms with van der Waals surface area (Å²) in [6.07, 6.45) is 2.76. The highest BCUT2D eigenvalue weighted by Crippen LogP contribution is 2.31. The van der Waals surface area contributed by atoms with Crippen LogP contribution in [0.25, 0.3) is 0 Å². The molecule has 2 aromatic rings. The number of rotatable bonds is 5. The van der Waals surface area contributed by atoms with E-state index in [0.717, 1.165) is 29.9 Å². The second kappa shape index (κ2) is 7.69. The van der Waals surface area contributed by atoms with Gasteiger partial charge < -0.3 is 10.6 Å². The van der Waals surface area contributed by atoms with E-state index in [9.17, 15) is 14.0 Å². The Morgan fingerprint density at radius 1 is 1.32 bits per heavy atom. The number of H-pyrrole nitrogens is 1. The molecule has 0 aliphatic carbocycles. The third kappa shape index (κ3) is 4.19. The standard InChI is InChI=1S/C17H19FN4O2S/c18-11-4-6-12(7-5-11)25-10-16(23)22-8-2-1-3-15(22)13-9-14(17(19)24)21-20-13/h4-7,9,15H,1-3,8,10H2,(H2,19,24)(H,20,21)/t15-/m1/s1. The maximum atomic E-state index is 12.9. The Hall–Kier alpha value is -2.35. The lowest BCUT2D eigenvalue weighted by Crippen LogP contribution is -2.39. The molecular weight excluding hydrogens is 343 g/mol. The predicted molar refractivity (Wildman–Crippen MR) is 92.5 cm³/mol. The quantitative estimate of drug-likeness (QED) is 0.800. The lowest BCUT2D eigenvalue weighted by atomic mass is 9.99. The van der Waals surface area contributed by atoms with Crippen LogP contribution in [0.5, 0.6) is 0 Å². The minimum absolute atomic E-state index is 0.00856. The van der Waals surface area contributed by atoms with E-state index in [4.69, 9.17) is 5.73 Å². The second-order valence-corrected chi connectivity index (χ2v) is 6.96. The van der Waals surface area contributed by atoms with Crippen LogP contribution >= 0.6 is 11.8 Å². The summed E-state index contributed by atoms with van der Waals surface area (Å²) in [7, 11) is 0. The molecule has 8 heteroatoms. The van der Waals surface area contributed by atoms with Gasteiger partial charge in [0.15, 0.2) is 0 Å². The van der Waals surface area contributed by atoms with Crippen LogP contribution in [0.3, 0.4) is 0 Å². The molecule has 1 aromatic carbocycles. The van der Waals surface area contributed by atoms with E-state index in [1.807, 2.05) is 4.90 Å². The van der Waals surface area contributed by atoms with Gasteiger partial charge in [-0.15, -0.1) is 11.8 Å². The summed E-state index contributed by atoms with van der Waals surface area (Å²) in [5.74, 6) is -0.604. The average Bonchev–Trinajstić information content (AvgIpc) is 3.11. The molecule has 0 unspecified atom stereocenters. The number of primary amides is 1. The first kappa shape index (κ1) is 17.5. The third-order valence-electron chi connectivity index (χ3n) is 4.21. The number of piperidine rings is 1. The van der Waals surface area contributed by atoms with Gasteiger partial charge in [0.1, 0.15) is 11.5 Å². The Morgan fingerprint density at radius 3 is 2.76 bits per heavy atom. The zero-order chi connectivity index (χ0) is 17.8. The number of aromatic nitrogens is 2. The first-order valence-corrected chi connectivity index (χ1v) is 9.06. The number of likely N-dealkylation sites (tertiary alicyclic amines) is 1. The Labute approximate surface area is 149 Å². The number of nitrogens with two attached hydrogens (primary N) is 1. The molecule has 3 N–H and O–H groups in total. The lowest BCUT2D eigenvalue weighted by molar-refractivity contribution is -0.132. The van der Waals surface area contributed by atoms with Gasteiger partial charge in [0, 0.05) is 11.4 Å². The summed E-state index contributed by atoms with van der Waals surface area (Å²) in [6, 6.07) is 7.57. The van der Waals surface area contributed by atoms with Crippen LogP contribution in [0.15, 0.2) is 35.2 Å². The van der Waals surface area contributed by atoms with Crippen LogP contribution in [0, 0.1) is 5.82 Å². The van der Waals surface area contributed by atoms with Crippen molar-refractivity contribution in [1.82, 2.24) is 15.1 Å². The Balaban J connectivity index is 1.67. The molecular formula is C17H19FN4O2S. The van der Waals surface area contributed by atoms with Gasteiger partial charge in [0.05, 0.1) is 17.5 Å².